The lowest BCUT2D eigenvalue weighted by Gasteiger charge is -2.23. The summed E-state index contributed by atoms with van der Waals surface area (Å²) < 4.78 is 24.5. The molecule has 0 fully saturated rings. The first kappa shape index (κ1) is 15.5. The largest absolute Gasteiger partial charge is 0.469 e. The van der Waals surface area contributed by atoms with Crippen molar-refractivity contribution < 1.29 is 33.1 Å². The Balaban J connectivity index is 4.07. The average molecular weight is 256 g/mol. The van der Waals surface area contributed by atoms with Crippen molar-refractivity contribution in [1.82, 2.24) is 0 Å². The van der Waals surface area contributed by atoms with Gasteiger partial charge in [0.05, 0.1) is 18.8 Å². The van der Waals surface area contributed by atoms with Crippen molar-refractivity contribution in [3.63, 3.8) is 0 Å². The first-order valence-corrected chi connectivity index (χ1v) is 6.10. The second kappa shape index (κ2) is 6.32. The molecule has 2 N–H and O–H groups in total. The summed E-state index contributed by atoms with van der Waals surface area (Å²) in [6.45, 7) is 5.17. The Morgan fingerprint density at radius 3 is 2.25 bits per heavy atom. The fourth-order valence-electron chi connectivity index (χ4n) is 0.728. The Kier molecular flexibility index (Phi) is 6.14. The van der Waals surface area contributed by atoms with Crippen molar-refractivity contribution in [1.29, 1.82) is 0 Å². The van der Waals surface area contributed by atoms with Gasteiger partial charge in [-0.15, -0.1) is 0 Å². The van der Waals surface area contributed by atoms with Gasteiger partial charge in [0.1, 0.15) is 6.10 Å². The molecule has 8 heteroatoms. The highest BCUT2D eigenvalue weighted by molar-refractivity contribution is 7.46. The SMILES string of the molecule is CC(C)(C)OCC(COP(=O)(O)O)OC=O. The van der Waals surface area contributed by atoms with Gasteiger partial charge in [0.15, 0.2) is 0 Å². The van der Waals surface area contributed by atoms with E-state index in [9.17, 15) is 9.36 Å². The Morgan fingerprint density at radius 1 is 1.31 bits per heavy atom. The smallest absolute Gasteiger partial charge is 0.460 e. The van der Waals surface area contributed by atoms with E-state index in [-0.39, 0.29) is 13.1 Å². The molecule has 0 rings (SSSR count). The summed E-state index contributed by atoms with van der Waals surface area (Å²) in [5.41, 5.74) is -0.438. The average Bonchev–Trinajstić information content (AvgIpc) is 2.07. The van der Waals surface area contributed by atoms with E-state index in [0.29, 0.717) is 0 Å². The van der Waals surface area contributed by atoms with Gasteiger partial charge in [-0.2, -0.15) is 0 Å². The van der Waals surface area contributed by atoms with Crippen molar-refractivity contribution in [2.75, 3.05) is 13.2 Å². The molecule has 0 aromatic heterocycles. The van der Waals surface area contributed by atoms with Crippen LogP contribution in [-0.4, -0.2) is 41.2 Å². The molecule has 0 radical (unpaired) electrons. The maximum Gasteiger partial charge on any atom is 0.469 e. The van der Waals surface area contributed by atoms with E-state index in [4.69, 9.17) is 14.5 Å². The van der Waals surface area contributed by atoms with Crippen LogP contribution >= 0.6 is 7.82 Å². The molecule has 0 bridgehead atoms. The highest BCUT2D eigenvalue weighted by Crippen LogP contribution is 2.35. The fourth-order valence-corrected chi connectivity index (χ4v) is 1.09. The molecule has 1 atom stereocenters. The van der Waals surface area contributed by atoms with Gasteiger partial charge in [-0.3, -0.25) is 9.32 Å². The van der Waals surface area contributed by atoms with E-state index < -0.39 is 26.1 Å². The number of ether oxygens (including phenoxy) is 2. The van der Waals surface area contributed by atoms with Crippen LogP contribution in [0.1, 0.15) is 20.8 Å². The molecule has 0 aliphatic rings. The van der Waals surface area contributed by atoms with Crippen LogP contribution in [0.15, 0.2) is 0 Å². The topological polar surface area (TPSA) is 102 Å². The number of hydrogen-bond acceptors (Lipinski definition) is 5. The van der Waals surface area contributed by atoms with Gasteiger partial charge >= 0.3 is 7.82 Å². The Bertz CT molecular complexity index is 254. The molecule has 0 amide bonds. The molecule has 0 aromatic carbocycles. The zero-order valence-corrected chi connectivity index (χ0v) is 10.3. The molecule has 1 unspecified atom stereocenters. The van der Waals surface area contributed by atoms with Gasteiger partial charge in [0.2, 0.25) is 0 Å². The van der Waals surface area contributed by atoms with Crippen molar-refractivity contribution in [3.8, 4) is 0 Å². The summed E-state index contributed by atoms with van der Waals surface area (Å²) in [6, 6.07) is 0. The second-order valence-electron chi connectivity index (χ2n) is 4.06. The van der Waals surface area contributed by atoms with Crippen LogP contribution < -0.4 is 0 Å². The molecule has 0 saturated carbocycles. The maximum atomic E-state index is 10.4. The quantitative estimate of drug-likeness (QED) is 0.503. The molecule has 0 heterocycles. The van der Waals surface area contributed by atoms with Gasteiger partial charge in [0.25, 0.3) is 6.47 Å². The van der Waals surface area contributed by atoms with Crippen LogP contribution in [-0.2, 0) is 23.4 Å². The minimum atomic E-state index is -4.56. The zero-order valence-electron chi connectivity index (χ0n) is 9.45. The standard InChI is InChI=1S/C8H17O7P/c1-8(2,3)14-4-7(13-6-9)5-15-16(10,11)12/h6-7H,4-5H2,1-3H3,(H2,10,11,12). The Morgan fingerprint density at radius 2 is 1.88 bits per heavy atom. The molecule has 16 heavy (non-hydrogen) atoms. The summed E-state index contributed by atoms with van der Waals surface area (Å²) in [6.07, 6.45) is -0.843. The Hall–Kier alpha value is -0.460. The zero-order chi connectivity index (χ0) is 12.8. The number of phosphoric acid groups is 1. The van der Waals surface area contributed by atoms with Gasteiger partial charge in [-0.1, -0.05) is 0 Å². The lowest BCUT2D eigenvalue weighted by atomic mass is 10.2. The van der Waals surface area contributed by atoms with Gasteiger partial charge in [-0.05, 0) is 20.8 Å². The van der Waals surface area contributed by atoms with E-state index in [1.165, 1.54) is 0 Å². The van der Waals surface area contributed by atoms with E-state index in [2.05, 4.69) is 9.26 Å². The third-order valence-electron chi connectivity index (χ3n) is 1.38. The molecule has 0 aliphatic carbocycles. The summed E-state index contributed by atoms with van der Waals surface area (Å²) >= 11 is 0. The second-order valence-corrected chi connectivity index (χ2v) is 5.30. The van der Waals surface area contributed by atoms with Gasteiger partial charge < -0.3 is 19.3 Å². The van der Waals surface area contributed by atoms with E-state index in [1.54, 1.807) is 20.8 Å². The fraction of sp³-hybridized carbons (Fsp3) is 0.875. The summed E-state index contributed by atoms with van der Waals surface area (Å²) in [7, 11) is -4.56. The molecule has 0 aliphatic heterocycles. The van der Waals surface area contributed by atoms with Crippen molar-refractivity contribution >= 4 is 14.3 Å². The molecular weight excluding hydrogens is 239 g/mol. The summed E-state index contributed by atoms with van der Waals surface area (Å²) in [5, 5.41) is 0. The lowest BCUT2D eigenvalue weighted by molar-refractivity contribution is -0.142. The van der Waals surface area contributed by atoms with Crippen LogP contribution in [0.2, 0.25) is 0 Å². The summed E-state index contributed by atoms with van der Waals surface area (Å²) in [4.78, 5) is 27.1. The van der Waals surface area contributed by atoms with Crippen LogP contribution in [0.25, 0.3) is 0 Å². The van der Waals surface area contributed by atoms with Gasteiger partial charge in [0, 0.05) is 0 Å². The maximum absolute atomic E-state index is 10.4. The van der Waals surface area contributed by atoms with Gasteiger partial charge in [-0.25, -0.2) is 4.57 Å². The van der Waals surface area contributed by atoms with E-state index in [0.717, 1.165) is 0 Å². The molecule has 7 nitrogen and oxygen atoms in total. The highest BCUT2D eigenvalue weighted by Gasteiger charge is 2.21. The molecule has 0 saturated heterocycles. The minimum absolute atomic E-state index is 0.00222. The predicted molar refractivity (Wildman–Crippen MR) is 54.6 cm³/mol. The Labute approximate surface area is 93.9 Å². The minimum Gasteiger partial charge on any atom is -0.460 e. The molecule has 0 spiro atoms. The first-order chi connectivity index (χ1) is 7.14. The van der Waals surface area contributed by atoms with E-state index in [1.807, 2.05) is 0 Å². The van der Waals surface area contributed by atoms with Crippen LogP contribution in [0, 0.1) is 0 Å². The first-order valence-electron chi connectivity index (χ1n) is 4.57. The predicted octanol–water partition coefficient (Wildman–Crippen LogP) is 0.452. The molecule has 0 aromatic rings. The van der Waals surface area contributed by atoms with Crippen LogP contribution in [0.4, 0.5) is 0 Å². The van der Waals surface area contributed by atoms with Crippen LogP contribution in [0.3, 0.4) is 0 Å². The van der Waals surface area contributed by atoms with Crippen molar-refractivity contribution in [2.24, 2.45) is 0 Å². The highest BCUT2D eigenvalue weighted by atomic mass is 31.2. The normalized spacial score (nSPS) is 14.6. The van der Waals surface area contributed by atoms with Crippen LogP contribution in [0.5, 0.6) is 0 Å². The molecular formula is C8H17O7P. The number of rotatable bonds is 7. The lowest BCUT2D eigenvalue weighted by Crippen LogP contribution is -2.30. The molecule has 96 valence electrons. The number of carbonyl (C=O) groups excluding carboxylic acids is 1. The van der Waals surface area contributed by atoms with Crippen molar-refractivity contribution in [2.45, 2.75) is 32.5 Å². The monoisotopic (exact) mass is 256 g/mol. The van der Waals surface area contributed by atoms with E-state index >= 15 is 0 Å². The number of phosphoric ester groups is 1. The summed E-state index contributed by atoms with van der Waals surface area (Å²) in [5.74, 6) is 0. The number of hydrogen-bond donors (Lipinski definition) is 2. The van der Waals surface area contributed by atoms with Crippen molar-refractivity contribution in [3.05, 3.63) is 0 Å². The third kappa shape index (κ3) is 10.1. The number of carbonyl (C=O) groups is 1. The third-order valence-corrected chi connectivity index (χ3v) is 1.86.